The van der Waals surface area contributed by atoms with Gasteiger partial charge in [0.2, 0.25) is 0 Å². The summed E-state index contributed by atoms with van der Waals surface area (Å²) in [6.07, 6.45) is 4.74. The van der Waals surface area contributed by atoms with Crippen molar-refractivity contribution in [3.05, 3.63) is 59.7 Å². The summed E-state index contributed by atoms with van der Waals surface area (Å²) in [5.74, 6) is 0.915. The van der Waals surface area contributed by atoms with E-state index in [4.69, 9.17) is 4.74 Å². The minimum Gasteiger partial charge on any atom is -0.484 e. The molecule has 0 aromatic heterocycles. The molecule has 0 heterocycles. The molecule has 1 N–H and O–H groups in total. The number of thioether (sulfide) groups is 1. The first kappa shape index (κ1) is 19.1. The fourth-order valence-electron chi connectivity index (χ4n) is 2.18. The Bertz CT molecular complexity index is 697. The Labute approximate surface area is 153 Å². The highest BCUT2D eigenvalue weighted by Gasteiger charge is 2.04. The lowest BCUT2D eigenvalue weighted by atomic mass is 9.99. The molecule has 1 amide bonds. The molecule has 5 heteroatoms. The largest absolute Gasteiger partial charge is 0.484 e. The summed E-state index contributed by atoms with van der Waals surface area (Å²) in [5.41, 5.74) is 4.67. The molecule has 0 bridgehead atoms. The van der Waals surface area contributed by atoms with Crippen LogP contribution >= 0.6 is 11.8 Å². The summed E-state index contributed by atoms with van der Waals surface area (Å²) in [7, 11) is 0. The molecule has 0 aliphatic carbocycles. The zero-order valence-corrected chi connectivity index (χ0v) is 15.7. The maximum absolute atomic E-state index is 11.8. The van der Waals surface area contributed by atoms with Gasteiger partial charge in [0, 0.05) is 4.90 Å². The third-order valence-corrected chi connectivity index (χ3v) is 4.69. The zero-order valence-electron chi connectivity index (χ0n) is 14.9. The fourth-order valence-corrected chi connectivity index (χ4v) is 2.59. The van der Waals surface area contributed by atoms with E-state index < -0.39 is 0 Å². The van der Waals surface area contributed by atoms with Crippen LogP contribution in [0.1, 0.15) is 37.3 Å². The molecule has 0 saturated carbocycles. The van der Waals surface area contributed by atoms with Crippen LogP contribution in [-0.2, 0) is 4.79 Å². The lowest BCUT2D eigenvalue weighted by Crippen LogP contribution is -2.24. The molecule has 25 heavy (non-hydrogen) atoms. The number of carbonyl (C=O) groups excluding carboxylic acids is 1. The Morgan fingerprint density at radius 1 is 1.20 bits per heavy atom. The van der Waals surface area contributed by atoms with Gasteiger partial charge in [-0.2, -0.15) is 5.10 Å². The number of hydrazone groups is 1. The molecule has 2 rings (SSSR count). The summed E-state index contributed by atoms with van der Waals surface area (Å²) < 4.78 is 5.48. The first-order chi connectivity index (χ1) is 12.1. The van der Waals surface area contributed by atoms with E-state index in [1.165, 1.54) is 10.5 Å². The van der Waals surface area contributed by atoms with E-state index in [1.807, 2.05) is 54.8 Å². The SMILES string of the molecule is CC[C@H](C)c1ccc(OCC(=O)N/N=C\c2ccc(SC)cc2)cc1. The van der Waals surface area contributed by atoms with E-state index in [0.29, 0.717) is 11.7 Å². The first-order valence-electron chi connectivity index (χ1n) is 8.31. The van der Waals surface area contributed by atoms with Crippen molar-refractivity contribution in [1.29, 1.82) is 0 Å². The molecule has 2 aromatic rings. The van der Waals surface area contributed by atoms with E-state index in [9.17, 15) is 4.79 Å². The summed E-state index contributed by atoms with van der Waals surface area (Å²) in [4.78, 5) is 13.0. The Morgan fingerprint density at radius 2 is 1.88 bits per heavy atom. The van der Waals surface area contributed by atoms with Gasteiger partial charge in [-0.1, -0.05) is 38.1 Å². The number of amides is 1. The van der Waals surface area contributed by atoms with E-state index in [1.54, 1.807) is 18.0 Å². The Balaban J connectivity index is 1.77. The summed E-state index contributed by atoms with van der Waals surface area (Å²) in [5, 5.41) is 3.95. The Hall–Kier alpha value is -2.27. The van der Waals surface area contributed by atoms with Crippen molar-refractivity contribution in [2.75, 3.05) is 12.9 Å². The van der Waals surface area contributed by atoms with Crippen molar-refractivity contribution in [2.45, 2.75) is 31.1 Å². The highest BCUT2D eigenvalue weighted by atomic mass is 32.2. The quantitative estimate of drug-likeness (QED) is 0.432. The van der Waals surface area contributed by atoms with Gasteiger partial charge in [0.05, 0.1) is 6.21 Å². The van der Waals surface area contributed by atoms with Crippen molar-refractivity contribution in [2.24, 2.45) is 5.10 Å². The van der Waals surface area contributed by atoms with Crippen molar-refractivity contribution >= 4 is 23.9 Å². The maximum atomic E-state index is 11.8. The highest BCUT2D eigenvalue weighted by Crippen LogP contribution is 2.21. The number of nitrogens with one attached hydrogen (secondary N) is 1. The molecule has 0 unspecified atom stereocenters. The molecule has 2 aromatic carbocycles. The molecule has 0 aliphatic rings. The van der Waals surface area contributed by atoms with E-state index in [2.05, 4.69) is 24.4 Å². The number of hydrogen-bond donors (Lipinski definition) is 1. The number of hydrogen-bond acceptors (Lipinski definition) is 4. The summed E-state index contributed by atoms with van der Waals surface area (Å²) in [6, 6.07) is 15.8. The minimum atomic E-state index is -0.289. The fraction of sp³-hybridized carbons (Fsp3) is 0.300. The van der Waals surface area contributed by atoms with Crippen LogP contribution in [0.3, 0.4) is 0 Å². The normalized spacial score (nSPS) is 12.1. The third kappa shape index (κ3) is 6.27. The second-order valence-electron chi connectivity index (χ2n) is 5.73. The summed E-state index contributed by atoms with van der Waals surface area (Å²) >= 11 is 1.68. The van der Waals surface area contributed by atoms with Gasteiger partial charge in [-0.15, -0.1) is 11.8 Å². The lowest BCUT2D eigenvalue weighted by molar-refractivity contribution is -0.123. The number of carbonyl (C=O) groups is 1. The van der Waals surface area contributed by atoms with Crippen LogP contribution in [0.4, 0.5) is 0 Å². The molecule has 4 nitrogen and oxygen atoms in total. The van der Waals surface area contributed by atoms with Crippen LogP contribution in [0.5, 0.6) is 5.75 Å². The van der Waals surface area contributed by atoms with Crippen LogP contribution in [0.25, 0.3) is 0 Å². The van der Waals surface area contributed by atoms with Gasteiger partial charge in [-0.25, -0.2) is 5.43 Å². The van der Waals surface area contributed by atoms with Crippen LogP contribution < -0.4 is 10.2 Å². The van der Waals surface area contributed by atoms with Crippen LogP contribution in [0.2, 0.25) is 0 Å². The average Bonchev–Trinajstić information content (AvgIpc) is 2.66. The lowest BCUT2D eigenvalue weighted by Gasteiger charge is -2.10. The monoisotopic (exact) mass is 356 g/mol. The van der Waals surface area contributed by atoms with Gasteiger partial charge in [0.1, 0.15) is 5.75 Å². The molecule has 1 atom stereocenters. The molecular formula is C20H24N2O2S. The molecule has 0 radical (unpaired) electrons. The zero-order chi connectivity index (χ0) is 18.1. The highest BCUT2D eigenvalue weighted by molar-refractivity contribution is 7.98. The molecule has 0 aliphatic heterocycles. The van der Waals surface area contributed by atoms with Crippen molar-refractivity contribution in [3.8, 4) is 5.75 Å². The van der Waals surface area contributed by atoms with E-state index >= 15 is 0 Å². The summed E-state index contributed by atoms with van der Waals surface area (Å²) in [6.45, 7) is 4.29. The van der Waals surface area contributed by atoms with Gasteiger partial charge in [-0.05, 0) is 54.0 Å². The third-order valence-electron chi connectivity index (χ3n) is 3.95. The van der Waals surface area contributed by atoms with Crippen molar-refractivity contribution < 1.29 is 9.53 Å². The number of benzene rings is 2. The van der Waals surface area contributed by atoms with Crippen molar-refractivity contribution in [3.63, 3.8) is 0 Å². The minimum absolute atomic E-state index is 0.0641. The molecule has 132 valence electrons. The molecule has 0 spiro atoms. The van der Waals surface area contributed by atoms with Crippen LogP contribution in [0, 0.1) is 0 Å². The number of nitrogens with zero attached hydrogens (tertiary/aromatic N) is 1. The van der Waals surface area contributed by atoms with Crippen LogP contribution in [-0.4, -0.2) is 25.0 Å². The standard InChI is InChI=1S/C20H24N2O2S/c1-4-15(2)17-7-9-18(10-8-17)24-14-20(23)22-21-13-16-5-11-19(25-3)12-6-16/h5-13,15H,4,14H2,1-3H3,(H,22,23)/b21-13-/t15-/m0/s1. The van der Waals surface area contributed by atoms with Crippen molar-refractivity contribution in [1.82, 2.24) is 5.43 Å². The smallest absolute Gasteiger partial charge is 0.277 e. The molecule has 0 saturated heterocycles. The van der Waals surface area contributed by atoms with E-state index in [-0.39, 0.29) is 12.5 Å². The topological polar surface area (TPSA) is 50.7 Å². The van der Waals surface area contributed by atoms with Crippen LogP contribution in [0.15, 0.2) is 58.5 Å². The Morgan fingerprint density at radius 3 is 2.48 bits per heavy atom. The number of rotatable bonds is 8. The van der Waals surface area contributed by atoms with Gasteiger partial charge >= 0.3 is 0 Å². The van der Waals surface area contributed by atoms with Gasteiger partial charge in [0.25, 0.3) is 5.91 Å². The molecular weight excluding hydrogens is 332 g/mol. The predicted molar refractivity (Wildman–Crippen MR) is 105 cm³/mol. The second-order valence-corrected chi connectivity index (χ2v) is 6.61. The average molecular weight is 356 g/mol. The Kier molecular flexibility index (Phi) is 7.54. The van der Waals surface area contributed by atoms with Gasteiger partial charge in [0.15, 0.2) is 6.61 Å². The second kappa shape index (κ2) is 9.89. The maximum Gasteiger partial charge on any atom is 0.277 e. The first-order valence-corrected chi connectivity index (χ1v) is 9.53. The molecule has 0 fully saturated rings. The predicted octanol–water partition coefficient (Wildman–Crippen LogP) is 4.45. The number of ether oxygens (including phenoxy) is 1. The van der Waals surface area contributed by atoms with Gasteiger partial charge in [-0.3, -0.25) is 4.79 Å². The van der Waals surface area contributed by atoms with E-state index in [0.717, 1.165) is 12.0 Å². The van der Waals surface area contributed by atoms with Gasteiger partial charge < -0.3 is 4.74 Å².